The highest BCUT2D eigenvalue weighted by Gasteiger charge is 2.22. The number of amides is 2. The molecule has 0 atom stereocenters. The van der Waals surface area contributed by atoms with Crippen LogP contribution in [0.5, 0.6) is 0 Å². The minimum absolute atomic E-state index is 0.289. The number of piperazine rings is 1. The van der Waals surface area contributed by atoms with Gasteiger partial charge in [-0.25, -0.2) is 9.78 Å². The van der Waals surface area contributed by atoms with Crippen LogP contribution < -0.4 is 10.2 Å². The topological polar surface area (TPSA) is 98.6 Å². The maximum Gasteiger partial charge on any atom is 0.409 e. The van der Waals surface area contributed by atoms with Gasteiger partial charge in [0.1, 0.15) is 5.82 Å². The molecule has 28 heavy (non-hydrogen) atoms. The van der Waals surface area contributed by atoms with E-state index in [1.807, 2.05) is 6.07 Å². The first-order valence-electron chi connectivity index (χ1n) is 9.05. The Balaban J connectivity index is 1.58. The van der Waals surface area contributed by atoms with E-state index in [2.05, 4.69) is 15.2 Å². The van der Waals surface area contributed by atoms with Gasteiger partial charge in [-0.05, 0) is 37.3 Å². The molecule has 0 spiro atoms. The zero-order chi connectivity index (χ0) is 19.9. The lowest BCUT2D eigenvalue weighted by atomic mass is 10.2. The molecular formula is C20H21N5O3. The molecule has 144 valence electrons. The van der Waals surface area contributed by atoms with Gasteiger partial charge >= 0.3 is 6.09 Å². The van der Waals surface area contributed by atoms with E-state index in [0.29, 0.717) is 49.6 Å². The van der Waals surface area contributed by atoms with Crippen molar-refractivity contribution in [2.75, 3.05) is 43.0 Å². The first-order chi connectivity index (χ1) is 13.6. The largest absolute Gasteiger partial charge is 0.450 e. The molecule has 0 unspecified atom stereocenters. The second kappa shape index (κ2) is 8.86. The summed E-state index contributed by atoms with van der Waals surface area (Å²) in [6.45, 7) is 4.59. The summed E-state index contributed by atoms with van der Waals surface area (Å²) >= 11 is 0. The third kappa shape index (κ3) is 4.57. The molecule has 2 amide bonds. The van der Waals surface area contributed by atoms with Crippen LogP contribution in [0.2, 0.25) is 0 Å². The van der Waals surface area contributed by atoms with Crippen molar-refractivity contribution in [1.29, 1.82) is 5.26 Å². The first-order valence-corrected chi connectivity index (χ1v) is 9.05. The summed E-state index contributed by atoms with van der Waals surface area (Å²) in [4.78, 5) is 32.3. The molecule has 1 N–H and O–H groups in total. The number of nitriles is 1. The molecule has 0 saturated carbocycles. The summed E-state index contributed by atoms with van der Waals surface area (Å²) in [5.41, 5.74) is 1.47. The molecular weight excluding hydrogens is 358 g/mol. The van der Waals surface area contributed by atoms with Crippen molar-refractivity contribution in [2.45, 2.75) is 6.92 Å². The molecule has 0 bridgehead atoms. The van der Waals surface area contributed by atoms with Crippen LogP contribution in [0, 0.1) is 11.3 Å². The van der Waals surface area contributed by atoms with E-state index in [9.17, 15) is 9.59 Å². The number of ether oxygens (including phenoxy) is 1. The predicted octanol–water partition coefficient (Wildman–Crippen LogP) is 2.48. The Hall–Kier alpha value is -3.60. The summed E-state index contributed by atoms with van der Waals surface area (Å²) in [5.74, 6) is 0.466. The molecule has 8 heteroatoms. The third-order valence-electron chi connectivity index (χ3n) is 4.39. The molecule has 1 aromatic carbocycles. The maximum atomic E-state index is 12.4. The first kappa shape index (κ1) is 19.2. The highest BCUT2D eigenvalue weighted by Crippen LogP contribution is 2.16. The maximum absolute atomic E-state index is 12.4. The van der Waals surface area contributed by atoms with Crippen LogP contribution in [0.15, 0.2) is 42.6 Å². The van der Waals surface area contributed by atoms with Crippen LogP contribution in [-0.4, -0.2) is 54.7 Å². The smallest absolute Gasteiger partial charge is 0.409 e. The van der Waals surface area contributed by atoms with Gasteiger partial charge < -0.3 is 19.9 Å². The zero-order valence-electron chi connectivity index (χ0n) is 15.6. The fourth-order valence-corrected chi connectivity index (χ4v) is 2.91. The fraction of sp³-hybridized carbons (Fsp3) is 0.300. The van der Waals surface area contributed by atoms with Gasteiger partial charge in [0.05, 0.1) is 23.8 Å². The van der Waals surface area contributed by atoms with Crippen LogP contribution in [0.4, 0.5) is 16.3 Å². The van der Waals surface area contributed by atoms with E-state index in [4.69, 9.17) is 10.00 Å². The Kier molecular flexibility index (Phi) is 6.07. The summed E-state index contributed by atoms with van der Waals surface area (Å²) in [6, 6.07) is 12.3. The lowest BCUT2D eigenvalue weighted by Crippen LogP contribution is -2.49. The molecule has 8 nitrogen and oxygen atoms in total. The zero-order valence-corrected chi connectivity index (χ0v) is 15.6. The summed E-state index contributed by atoms with van der Waals surface area (Å²) in [7, 11) is 0. The SMILES string of the molecule is CCOC(=O)N1CCN(c2ccc(C(=O)Nc3cccc(C#N)c3)cn2)CC1. The molecule has 1 fully saturated rings. The highest BCUT2D eigenvalue weighted by molar-refractivity contribution is 6.04. The Morgan fingerprint density at radius 2 is 2.00 bits per heavy atom. The van der Waals surface area contributed by atoms with Crippen molar-refractivity contribution in [3.63, 3.8) is 0 Å². The van der Waals surface area contributed by atoms with Gasteiger partial charge in [0.25, 0.3) is 5.91 Å². The van der Waals surface area contributed by atoms with E-state index < -0.39 is 0 Å². The average molecular weight is 379 g/mol. The minimum atomic E-state index is -0.290. The molecule has 1 aliphatic heterocycles. The Morgan fingerprint density at radius 3 is 2.64 bits per heavy atom. The standard InChI is InChI=1S/C20H21N5O3/c1-2-28-20(27)25-10-8-24(9-11-25)18-7-6-16(14-22-18)19(26)23-17-5-3-4-15(12-17)13-21/h3-7,12,14H,2,8-11H2,1H3,(H,23,26). The molecule has 1 saturated heterocycles. The molecule has 0 aliphatic carbocycles. The number of hydrogen-bond donors (Lipinski definition) is 1. The molecule has 0 radical (unpaired) electrons. The van der Waals surface area contributed by atoms with Crippen LogP contribution in [0.3, 0.4) is 0 Å². The van der Waals surface area contributed by atoms with Crippen molar-refractivity contribution in [2.24, 2.45) is 0 Å². The van der Waals surface area contributed by atoms with Crippen LogP contribution in [-0.2, 0) is 4.74 Å². The second-order valence-electron chi connectivity index (χ2n) is 6.22. The van der Waals surface area contributed by atoms with Crippen LogP contribution in [0.25, 0.3) is 0 Å². The van der Waals surface area contributed by atoms with Gasteiger partial charge in [-0.1, -0.05) is 6.07 Å². The van der Waals surface area contributed by atoms with Crippen molar-refractivity contribution in [3.05, 3.63) is 53.7 Å². The van der Waals surface area contributed by atoms with Gasteiger partial charge in [0, 0.05) is 38.1 Å². The number of pyridine rings is 1. The second-order valence-corrected chi connectivity index (χ2v) is 6.22. The van der Waals surface area contributed by atoms with E-state index in [1.165, 1.54) is 6.20 Å². The molecule has 2 aromatic rings. The number of nitrogens with zero attached hydrogens (tertiary/aromatic N) is 4. The number of hydrogen-bond acceptors (Lipinski definition) is 6. The summed E-state index contributed by atoms with van der Waals surface area (Å²) in [5, 5.41) is 11.7. The van der Waals surface area contributed by atoms with E-state index >= 15 is 0 Å². The van der Waals surface area contributed by atoms with Crippen molar-refractivity contribution in [3.8, 4) is 6.07 Å². The molecule has 1 aliphatic rings. The number of carbonyl (C=O) groups is 2. The van der Waals surface area contributed by atoms with Crippen LogP contribution >= 0.6 is 0 Å². The monoisotopic (exact) mass is 379 g/mol. The average Bonchev–Trinajstić information content (AvgIpc) is 2.74. The van der Waals surface area contributed by atoms with E-state index in [0.717, 1.165) is 5.82 Å². The van der Waals surface area contributed by atoms with Crippen molar-refractivity contribution < 1.29 is 14.3 Å². The Morgan fingerprint density at radius 1 is 1.21 bits per heavy atom. The van der Waals surface area contributed by atoms with Gasteiger partial charge in [-0.3, -0.25) is 4.79 Å². The highest BCUT2D eigenvalue weighted by atomic mass is 16.6. The van der Waals surface area contributed by atoms with Crippen LogP contribution in [0.1, 0.15) is 22.8 Å². The van der Waals surface area contributed by atoms with Gasteiger partial charge in [0.15, 0.2) is 0 Å². The Bertz CT molecular complexity index is 883. The number of nitrogens with one attached hydrogen (secondary N) is 1. The molecule has 1 aromatic heterocycles. The fourth-order valence-electron chi connectivity index (χ4n) is 2.91. The molecule has 3 rings (SSSR count). The third-order valence-corrected chi connectivity index (χ3v) is 4.39. The quantitative estimate of drug-likeness (QED) is 0.876. The summed E-state index contributed by atoms with van der Waals surface area (Å²) in [6.07, 6.45) is 1.24. The van der Waals surface area contributed by atoms with E-state index in [1.54, 1.807) is 48.2 Å². The summed E-state index contributed by atoms with van der Waals surface area (Å²) < 4.78 is 5.02. The van der Waals surface area contributed by atoms with Crippen molar-refractivity contribution in [1.82, 2.24) is 9.88 Å². The number of carbonyl (C=O) groups excluding carboxylic acids is 2. The predicted molar refractivity (Wildman–Crippen MR) is 104 cm³/mol. The van der Waals surface area contributed by atoms with E-state index in [-0.39, 0.29) is 12.0 Å². The number of benzene rings is 1. The van der Waals surface area contributed by atoms with Crippen molar-refractivity contribution >= 4 is 23.5 Å². The van der Waals surface area contributed by atoms with Gasteiger partial charge in [0.2, 0.25) is 0 Å². The lowest BCUT2D eigenvalue weighted by Gasteiger charge is -2.34. The number of anilines is 2. The van der Waals surface area contributed by atoms with Gasteiger partial charge in [-0.15, -0.1) is 0 Å². The van der Waals surface area contributed by atoms with Gasteiger partial charge in [-0.2, -0.15) is 5.26 Å². The lowest BCUT2D eigenvalue weighted by molar-refractivity contribution is 0.102. The molecule has 2 heterocycles. The Labute approximate surface area is 163 Å². The normalized spacial score (nSPS) is 13.6. The minimum Gasteiger partial charge on any atom is -0.450 e. The number of aromatic nitrogens is 1. The number of rotatable bonds is 4.